The summed E-state index contributed by atoms with van der Waals surface area (Å²) in [6.07, 6.45) is 0.0953. The number of rotatable bonds is 5. The number of carbonyl (C=O) groups is 3. The van der Waals surface area contributed by atoms with Crippen LogP contribution in [0.4, 0.5) is 10.8 Å². The van der Waals surface area contributed by atoms with Gasteiger partial charge in [-0.1, -0.05) is 23.5 Å². The zero-order valence-electron chi connectivity index (χ0n) is 15.1. The van der Waals surface area contributed by atoms with Crippen molar-refractivity contribution in [3.8, 4) is 5.75 Å². The van der Waals surface area contributed by atoms with E-state index in [1.165, 1.54) is 14.2 Å². The summed E-state index contributed by atoms with van der Waals surface area (Å²) in [7, 11) is 2.82. The first-order chi connectivity index (χ1) is 12.9. The number of esters is 1. The second-order valence-corrected chi connectivity index (χ2v) is 6.99. The van der Waals surface area contributed by atoms with E-state index in [1.807, 2.05) is 12.1 Å². The van der Waals surface area contributed by atoms with Gasteiger partial charge < -0.3 is 19.7 Å². The molecule has 1 fully saturated rings. The fourth-order valence-corrected chi connectivity index (χ4v) is 3.80. The van der Waals surface area contributed by atoms with Gasteiger partial charge in [-0.2, -0.15) is 0 Å². The maximum absolute atomic E-state index is 12.6. The lowest BCUT2D eigenvalue weighted by Crippen LogP contribution is -2.28. The smallest absolute Gasteiger partial charge is 0.350 e. The SMILES string of the molecule is COC(=O)c1sc(NC(=O)C2CC(=O)N(c3ccccc3OC)C2)nc1C. The van der Waals surface area contributed by atoms with Gasteiger partial charge in [0.2, 0.25) is 11.8 Å². The Hall–Kier alpha value is -2.94. The Morgan fingerprint density at radius 3 is 2.74 bits per heavy atom. The molecule has 2 heterocycles. The van der Waals surface area contributed by atoms with E-state index in [1.54, 1.807) is 24.0 Å². The Balaban J connectivity index is 1.72. The molecule has 1 aromatic carbocycles. The van der Waals surface area contributed by atoms with Crippen LogP contribution in [-0.2, 0) is 14.3 Å². The molecule has 1 aliphatic rings. The van der Waals surface area contributed by atoms with E-state index in [0.717, 1.165) is 11.3 Å². The summed E-state index contributed by atoms with van der Waals surface area (Å²) >= 11 is 1.05. The molecule has 9 heteroatoms. The third-order valence-electron chi connectivity index (χ3n) is 4.27. The maximum Gasteiger partial charge on any atom is 0.350 e. The standard InChI is InChI=1S/C18H19N3O5S/c1-10-15(17(24)26-3)27-18(19-10)20-16(23)11-8-14(22)21(9-11)12-6-4-5-7-13(12)25-2/h4-7,11H,8-9H2,1-3H3,(H,19,20,23). The third-order valence-corrected chi connectivity index (χ3v) is 5.32. The number of thiazole rings is 1. The number of anilines is 2. The van der Waals surface area contributed by atoms with Crippen molar-refractivity contribution < 1.29 is 23.9 Å². The van der Waals surface area contributed by atoms with Gasteiger partial charge in [-0.25, -0.2) is 9.78 Å². The van der Waals surface area contributed by atoms with Gasteiger partial charge in [0.1, 0.15) is 10.6 Å². The van der Waals surface area contributed by atoms with E-state index >= 15 is 0 Å². The van der Waals surface area contributed by atoms with Crippen LogP contribution in [0.1, 0.15) is 21.8 Å². The van der Waals surface area contributed by atoms with E-state index in [9.17, 15) is 14.4 Å². The Morgan fingerprint density at radius 2 is 2.04 bits per heavy atom. The number of carbonyl (C=O) groups excluding carboxylic acids is 3. The van der Waals surface area contributed by atoms with Crippen LogP contribution in [0.2, 0.25) is 0 Å². The second-order valence-electron chi connectivity index (χ2n) is 5.99. The maximum atomic E-state index is 12.6. The molecule has 0 spiro atoms. The van der Waals surface area contributed by atoms with Gasteiger partial charge in [0.15, 0.2) is 5.13 Å². The summed E-state index contributed by atoms with van der Waals surface area (Å²) in [5.74, 6) is -0.904. The number of aromatic nitrogens is 1. The fourth-order valence-electron chi connectivity index (χ4n) is 2.91. The van der Waals surface area contributed by atoms with Crippen molar-refractivity contribution in [1.29, 1.82) is 0 Å². The largest absolute Gasteiger partial charge is 0.495 e. The predicted octanol–water partition coefficient (Wildman–Crippen LogP) is 2.24. The van der Waals surface area contributed by atoms with Crippen molar-refractivity contribution in [2.45, 2.75) is 13.3 Å². The molecular formula is C18H19N3O5S. The van der Waals surface area contributed by atoms with Crippen LogP contribution < -0.4 is 15.0 Å². The van der Waals surface area contributed by atoms with E-state index in [0.29, 0.717) is 27.1 Å². The van der Waals surface area contributed by atoms with Gasteiger partial charge in [0.25, 0.3) is 0 Å². The molecule has 0 radical (unpaired) electrons. The molecule has 3 rings (SSSR count). The fraction of sp³-hybridized carbons (Fsp3) is 0.333. The lowest BCUT2D eigenvalue weighted by atomic mass is 10.1. The highest BCUT2D eigenvalue weighted by Crippen LogP contribution is 2.33. The molecule has 1 atom stereocenters. The molecule has 2 aromatic rings. The molecule has 0 aliphatic carbocycles. The van der Waals surface area contributed by atoms with Crippen molar-refractivity contribution in [3.63, 3.8) is 0 Å². The number of benzene rings is 1. The highest BCUT2D eigenvalue weighted by Gasteiger charge is 2.36. The highest BCUT2D eigenvalue weighted by atomic mass is 32.1. The molecule has 27 heavy (non-hydrogen) atoms. The highest BCUT2D eigenvalue weighted by molar-refractivity contribution is 7.17. The van der Waals surface area contributed by atoms with Crippen LogP contribution in [0.15, 0.2) is 24.3 Å². The van der Waals surface area contributed by atoms with Crippen LogP contribution in [0.25, 0.3) is 0 Å². The van der Waals surface area contributed by atoms with Gasteiger partial charge in [-0.3, -0.25) is 9.59 Å². The zero-order valence-corrected chi connectivity index (χ0v) is 16.0. The number of hydrogen-bond donors (Lipinski definition) is 1. The Morgan fingerprint density at radius 1 is 1.30 bits per heavy atom. The monoisotopic (exact) mass is 389 g/mol. The zero-order chi connectivity index (χ0) is 19.6. The first-order valence-corrected chi connectivity index (χ1v) is 9.06. The van der Waals surface area contributed by atoms with Crippen LogP contribution in [0.3, 0.4) is 0 Å². The van der Waals surface area contributed by atoms with Crippen molar-refractivity contribution in [2.24, 2.45) is 5.92 Å². The third kappa shape index (κ3) is 3.77. The Kier molecular flexibility index (Phi) is 5.41. The van der Waals surface area contributed by atoms with Crippen molar-refractivity contribution in [1.82, 2.24) is 4.98 Å². The number of ether oxygens (including phenoxy) is 2. The minimum absolute atomic E-state index is 0.0953. The summed E-state index contributed by atoms with van der Waals surface area (Å²) in [6.45, 7) is 1.92. The molecule has 1 unspecified atom stereocenters. The van der Waals surface area contributed by atoms with Crippen LogP contribution in [-0.4, -0.2) is 43.5 Å². The number of nitrogens with zero attached hydrogens (tertiary/aromatic N) is 2. The number of amides is 2. The summed E-state index contributed by atoms with van der Waals surface area (Å²) < 4.78 is 9.99. The van der Waals surface area contributed by atoms with Crippen molar-refractivity contribution >= 4 is 39.9 Å². The molecule has 1 saturated heterocycles. The number of aryl methyl sites for hydroxylation is 1. The summed E-state index contributed by atoms with van der Waals surface area (Å²) in [4.78, 5) is 42.7. The molecule has 8 nitrogen and oxygen atoms in total. The summed E-state index contributed by atoms with van der Waals surface area (Å²) in [5, 5.41) is 3.00. The summed E-state index contributed by atoms with van der Waals surface area (Å²) in [6, 6.07) is 7.18. The average Bonchev–Trinajstić information content (AvgIpc) is 3.23. The Labute approximate surface area is 160 Å². The minimum atomic E-state index is -0.520. The quantitative estimate of drug-likeness (QED) is 0.788. The molecule has 0 saturated carbocycles. The average molecular weight is 389 g/mol. The number of methoxy groups -OCH3 is 2. The Bertz CT molecular complexity index is 895. The summed E-state index contributed by atoms with van der Waals surface area (Å²) in [5.41, 5.74) is 1.12. The first-order valence-electron chi connectivity index (χ1n) is 8.24. The lowest BCUT2D eigenvalue weighted by molar-refractivity contribution is -0.122. The first kappa shape index (κ1) is 18.8. The topological polar surface area (TPSA) is 97.8 Å². The number of para-hydroxylation sites is 2. The van der Waals surface area contributed by atoms with Gasteiger partial charge in [0, 0.05) is 13.0 Å². The van der Waals surface area contributed by atoms with Crippen LogP contribution >= 0.6 is 11.3 Å². The molecule has 2 amide bonds. The van der Waals surface area contributed by atoms with Gasteiger partial charge >= 0.3 is 5.97 Å². The molecule has 1 aliphatic heterocycles. The van der Waals surface area contributed by atoms with E-state index in [4.69, 9.17) is 4.74 Å². The molecule has 0 bridgehead atoms. The van der Waals surface area contributed by atoms with Gasteiger partial charge in [0.05, 0.1) is 31.5 Å². The van der Waals surface area contributed by atoms with Crippen molar-refractivity contribution in [3.05, 3.63) is 34.8 Å². The lowest BCUT2D eigenvalue weighted by Gasteiger charge is -2.19. The molecule has 142 valence electrons. The van der Waals surface area contributed by atoms with Gasteiger partial charge in [-0.05, 0) is 19.1 Å². The van der Waals surface area contributed by atoms with E-state index in [-0.39, 0.29) is 24.8 Å². The molecule has 1 N–H and O–H groups in total. The van der Waals surface area contributed by atoms with Crippen molar-refractivity contribution in [2.75, 3.05) is 31.0 Å². The minimum Gasteiger partial charge on any atom is -0.495 e. The second kappa shape index (κ2) is 7.75. The number of hydrogen-bond acceptors (Lipinski definition) is 7. The van der Waals surface area contributed by atoms with Crippen LogP contribution in [0, 0.1) is 12.8 Å². The molecule has 1 aromatic heterocycles. The van der Waals surface area contributed by atoms with E-state index in [2.05, 4.69) is 15.0 Å². The molecular weight excluding hydrogens is 370 g/mol. The van der Waals surface area contributed by atoms with E-state index < -0.39 is 11.9 Å². The normalized spacial score (nSPS) is 16.3. The van der Waals surface area contributed by atoms with Crippen LogP contribution in [0.5, 0.6) is 5.75 Å². The number of nitrogens with one attached hydrogen (secondary N) is 1. The van der Waals surface area contributed by atoms with Gasteiger partial charge in [-0.15, -0.1) is 0 Å². The predicted molar refractivity (Wildman–Crippen MR) is 100 cm³/mol.